The summed E-state index contributed by atoms with van der Waals surface area (Å²) in [6.45, 7) is 6.17. The molecule has 1 aromatic carbocycles. The van der Waals surface area contributed by atoms with Gasteiger partial charge >= 0.3 is 0 Å². The highest BCUT2D eigenvalue weighted by Crippen LogP contribution is 2.12. The minimum atomic E-state index is 0.0910. The van der Waals surface area contributed by atoms with Gasteiger partial charge in [-0.3, -0.25) is 4.90 Å². The molecule has 0 saturated heterocycles. The van der Waals surface area contributed by atoms with Gasteiger partial charge in [0.1, 0.15) is 12.4 Å². The Balaban J connectivity index is 2.38. The zero-order chi connectivity index (χ0) is 14.8. The van der Waals surface area contributed by atoms with E-state index in [4.69, 9.17) is 20.4 Å². The molecule has 3 N–H and O–H groups in total. The fourth-order valence-corrected chi connectivity index (χ4v) is 1.72. The molecule has 0 radical (unpaired) electrons. The molecule has 0 spiro atoms. The summed E-state index contributed by atoms with van der Waals surface area (Å²) >= 11 is 0. The van der Waals surface area contributed by atoms with Crippen molar-refractivity contribution >= 4 is 5.84 Å². The first-order valence-corrected chi connectivity index (χ1v) is 6.63. The van der Waals surface area contributed by atoms with Crippen molar-refractivity contribution in [2.75, 3.05) is 40.0 Å². The number of benzene rings is 1. The number of hydrogen-bond acceptors (Lipinski definition) is 5. The lowest BCUT2D eigenvalue weighted by Gasteiger charge is -2.19. The molecular weight excluding hydrogens is 258 g/mol. The number of ether oxygens (including phenoxy) is 2. The molecule has 1 aromatic rings. The first kappa shape index (κ1) is 16.3. The Morgan fingerprint density at radius 1 is 1.25 bits per heavy atom. The minimum Gasteiger partial charge on any atom is -0.492 e. The molecule has 112 valence electrons. The average Bonchev–Trinajstić information content (AvgIpc) is 2.50. The molecule has 0 amide bonds. The standard InChI is InChI=1S/C14H23N3O3/c1-3-17(8-10-19-2)9-11-20-13-6-4-12(5-7-13)14(15)16-18/h4-7,18H,3,8-11H2,1-2H3,(H2,15,16). The Labute approximate surface area is 119 Å². The van der Waals surface area contributed by atoms with Crippen molar-refractivity contribution in [3.05, 3.63) is 29.8 Å². The van der Waals surface area contributed by atoms with E-state index in [2.05, 4.69) is 17.0 Å². The van der Waals surface area contributed by atoms with Gasteiger partial charge in [-0.05, 0) is 30.8 Å². The number of rotatable bonds is 9. The van der Waals surface area contributed by atoms with Crippen LogP contribution in [0.1, 0.15) is 12.5 Å². The van der Waals surface area contributed by atoms with Crippen LogP contribution in [0.2, 0.25) is 0 Å². The third-order valence-corrected chi connectivity index (χ3v) is 2.99. The molecule has 0 heterocycles. The van der Waals surface area contributed by atoms with Crippen LogP contribution in [0.4, 0.5) is 0 Å². The van der Waals surface area contributed by atoms with Crippen LogP contribution in [0.25, 0.3) is 0 Å². The minimum absolute atomic E-state index is 0.0910. The molecule has 6 nitrogen and oxygen atoms in total. The van der Waals surface area contributed by atoms with Crippen molar-refractivity contribution in [3.8, 4) is 5.75 Å². The van der Waals surface area contributed by atoms with Gasteiger partial charge < -0.3 is 20.4 Å². The Hall–Kier alpha value is -1.79. The zero-order valence-corrected chi connectivity index (χ0v) is 12.1. The Kier molecular flexibility index (Phi) is 7.46. The summed E-state index contributed by atoms with van der Waals surface area (Å²) < 4.78 is 10.7. The molecule has 0 aliphatic carbocycles. The molecule has 0 aliphatic rings. The zero-order valence-electron chi connectivity index (χ0n) is 12.1. The van der Waals surface area contributed by atoms with Crippen molar-refractivity contribution < 1.29 is 14.7 Å². The summed E-state index contributed by atoms with van der Waals surface area (Å²) in [5.41, 5.74) is 6.15. The van der Waals surface area contributed by atoms with Gasteiger partial charge in [0.2, 0.25) is 0 Å². The van der Waals surface area contributed by atoms with E-state index >= 15 is 0 Å². The van der Waals surface area contributed by atoms with Crippen LogP contribution in [-0.2, 0) is 4.74 Å². The van der Waals surface area contributed by atoms with Gasteiger partial charge in [0.05, 0.1) is 6.61 Å². The van der Waals surface area contributed by atoms with Crippen molar-refractivity contribution in [2.45, 2.75) is 6.92 Å². The third kappa shape index (κ3) is 5.46. The number of nitrogens with zero attached hydrogens (tertiary/aromatic N) is 2. The van der Waals surface area contributed by atoms with Crippen LogP contribution in [-0.4, -0.2) is 55.9 Å². The van der Waals surface area contributed by atoms with Gasteiger partial charge in [-0.15, -0.1) is 0 Å². The number of oxime groups is 1. The molecular formula is C14H23N3O3. The largest absolute Gasteiger partial charge is 0.492 e. The second-order valence-corrected chi connectivity index (χ2v) is 4.29. The molecule has 0 bridgehead atoms. The first-order chi connectivity index (χ1) is 9.71. The summed E-state index contributed by atoms with van der Waals surface area (Å²) in [5.74, 6) is 0.857. The SMILES string of the molecule is CCN(CCOC)CCOc1ccc(C(N)=NO)cc1. The van der Waals surface area contributed by atoms with E-state index in [9.17, 15) is 0 Å². The van der Waals surface area contributed by atoms with Crippen molar-refractivity contribution in [1.29, 1.82) is 0 Å². The summed E-state index contributed by atoms with van der Waals surface area (Å²) in [4.78, 5) is 2.26. The topological polar surface area (TPSA) is 80.3 Å². The van der Waals surface area contributed by atoms with Crippen LogP contribution < -0.4 is 10.5 Å². The van der Waals surface area contributed by atoms with E-state index in [1.807, 2.05) is 0 Å². The van der Waals surface area contributed by atoms with Gasteiger partial charge in [0, 0.05) is 25.8 Å². The second kappa shape index (κ2) is 9.17. The van der Waals surface area contributed by atoms with Gasteiger partial charge in [0.25, 0.3) is 0 Å². The quantitative estimate of drug-likeness (QED) is 0.307. The number of likely N-dealkylation sites (N-methyl/N-ethyl adjacent to an activating group) is 1. The smallest absolute Gasteiger partial charge is 0.170 e. The molecule has 0 aliphatic heterocycles. The molecule has 0 fully saturated rings. The lowest BCUT2D eigenvalue weighted by Crippen LogP contribution is -2.31. The maximum atomic E-state index is 8.57. The van der Waals surface area contributed by atoms with Gasteiger partial charge in [0.15, 0.2) is 5.84 Å². The highest BCUT2D eigenvalue weighted by molar-refractivity contribution is 5.97. The predicted molar refractivity (Wildman–Crippen MR) is 78.4 cm³/mol. The third-order valence-electron chi connectivity index (χ3n) is 2.99. The van der Waals surface area contributed by atoms with E-state index < -0.39 is 0 Å². The number of nitrogens with two attached hydrogens (primary N) is 1. The predicted octanol–water partition coefficient (Wildman–Crippen LogP) is 1.13. The van der Waals surface area contributed by atoms with Crippen molar-refractivity contribution in [2.24, 2.45) is 10.9 Å². The van der Waals surface area contributed by atoms with Gasteiger partial charge in [-0.2, -0.15) is 0 Å². The van der Waals surface area contributed by atoms with Gasteiger partial charge in [-0.1, -0.05) is 12.1 Å². The highest BCUT2D eigenvalue weighted by atomic mass is 16.5. The van der Waals surface area contributed by atoms with Crippen LogP contribution >= 0.6 is 0 Å². The van der Waals surface area contributed by atoms with E-state index in [0.717, 1.165) is 32.0 Å². The number of methoxy groups -OCH3 is 1. The molecule has 0 unspecified atom stereocenters. The van der Waals surface area contributed by atoms with Crippen LogP contribution in [0.5, 0.6) is 5.75 Å². The second-order valence-electron chi connectivity index (χ2n) is 4.29. The van der Waals surface area contributed by atoms with Crippen LogP contribution in [0.15, 0.2) is 29.4 Å². The summed E-state index contributed by atoms with van der Waals surface area (Å²) in [6, 6.07) is 7.12. The van der Waals surface area contributed by atoms with E-state index in [-0.39, 0.29) is 5.84 Å². The number of amidine groups is 1. The highest BCUT2D eigenvalue weighted by Gasteiger charge is 2.03. The lowest BCUT2D eigenvalue weighted by molar-refractivity contribution is 0.138. The Morgan fingerprint density at radius 3 is 2.45 bits per heavy atom. The fourth-order valence-electron chi connectivity index (χ4n) is 1.72. The van der Waals surface area contributed by atoms with Crippen LogP contribution in [0.3, 0.4) is 0 Å². The van der Waals surface area contributed by atoms with Crippen LogP contribution in [0, 0.1) is 0 Å². The van der Waals surface area contributed by atoms with E-state index in [0.29, 0.717) is 12.2 Å². The molecule has 1 rings (SSSR count). The normalized spacial score (nSPS) is 11.8. The maximum Gasteiger partial charge on any atom is 0.170 e. The molecule has 0 atom stereocenters. The lowest BCUT2D eigenvalue weighted by atomic mass is 10.2. The molecule has 6 heteroatoms. The van der Waals surface area contributed by atoms with Crippen molar-refractivity contribution in [1.82, 2.24) is 4.90 Å². The first-order valence-electron chi connectivity index (χ1n) is 6.63. The summed E-state index contributed by atoms with van der Waals surface area (Å²) in [5, 5.41) is 11.5. The molecule has 0 saturated carbocycles. The summed E-state index contributed by atoms with van der Waals surface area (Å²) in [7, 11) is 1.70. The molecule has 0 aromatic heterocycles. The monoisotopic (exact) mass is 281 g/mol. The fraction of sp³-hybridized carbons (Fsp3) is 0.500. The van der Waals surface area contributed by atoms with E-state index in [1.165, 1.54) is 0 Å². The maximum absolute atomic E-state index is 8.57. The average molecular weight is 281 g/mol. The van der Waals surface area contributed by atoms with E-state index in [1.54, 1.807) is 31.4 Å². The number of hydrogen-bond donors (Lipinski definition) is 2. The Bertz CT molecular complexity index is 407. The van der Waals surface area contributed by atoms with Crippen molar-refractivity contribution in [3.63, 3.8) is 0 Å². The summed E-state index contributed by atoms with van der Waals surface area (Å²) in [6.07, 6.45) is 0. The molecule has 20 heavy (non-hydrogen) atoms. The Morgan fingerprint density at radius 2 is 1.90 bits per heavy atom. The van der Waals surface area contributed by atoms with Gasteiger partial charge in [-0.25, -0.2) is 0 Å².